The molecule has 1 fully saturated rings. The molecule has 0 spiro atoms. The number of carbonyl (C=O) groups is 3. The molecule has 166 valence electrons. The Bertz CT molecular complexity index is 1330. The third-order valence-electron chi connectivity index (χ3n) is 5.38. The minimum absolute atomic E-state index is 0.214. The molecule has 0 unspecified atom stereocenters. The molecule has 2 aromatic carbocycles. The minimum Gasteiger partial charge on any atom is -0.467 e. The Morgan fingerprint density at radius 3 is 2.52 bits per heavy atom. The summed E-state index contributed by atoms with van der Waals surface area (Å²) in [6.07, 6.45) is 4.00. The number of hydrogen-bond donors (Lipinski definition) is 0. The summed E-state index contributed by atoms with van der Waals surface area (Å²) in [6.45, 7) is 0.227. The highest BCUT2D eigenvalue weighted by molar-refractivity contribution is 7.98. The first-order chi connectivity index (χ1) is 16.0. The Kier molecular flexibility index (Phi) is 5.74. The second kappa shape index (κ2) is 8.84. The van der Waals surface area contributed by atoms with Gasteiger partial charge in [0.05, 0.1) is 28.7 Å². The summed E-state index contributed by atoms with van der Waals surface area (Å²) in [4.78, 5) is 46.2. The standard InChI is InChI=1S/C24H19N3O4S2/c1-32-18-5-2-6-19-22(18)25-24(33-19)26(14-17-4-3-13-31-17)23(30)15-7-9-16(10-8-15)27-20(28)11-12-21(27)29/h2-10,13H,11-12,14H2,1H3. The van der Waals surface area contributed by atoms with E-state index in [4.69, 9.17) is 9.40 Å². The maximum Gasteiger partial charge on any atom is 0.260 e. The van der Waals surface area contributed by atoms with Crippen molar-refractivity contribution in [2.45, 2.75) is 24.3 Å². The number of amides is 3. The number of nitrogens with zero attached hydrogens (tertiary/aromatic N) is 3. The minimum atomic E-state index is -0.248. The fourth-order valence-corrected chi connectivity index (χ4v) is 5.37. The lowest BCUT2D eigenvalue weighted by Gasteiger charge is -2.19. The average Bonchev–Trinajstić information content (AvgIpc) is 3.57. The average molecular weight is 478 g/mol. The van der Waals surface area contributed by atoms with E-state index in [1.807, 2.05) is 30.5 Å². The number of rotatable bonds is 6. The fraction of sp³-hybridized carbons (Fsp3) is 0.167. The van der Waals surface area contributed by atoms with Crippen LogP contribution in [0, 0.1) is 0 Å². The molecule has 7 nitrogen and oxygen atoms in total. The fourth-order valence-electron chi connectivity index (χ4n) is 3.75. The lowest BCUT2D eigenvalue weighted by molar-refractivity contribution is -0.121. The van der Waals surface area contributed by atoms with E-state index < -0.39 is 0 Å². The lowest BCUT2D eigenvalue weighted by atomic mass is 10.1. The Morgan fingerprint density at radius 1 is 1.09 bits per heavy atom. The molecule has 0 atom stereocenters. The van der Waals surface area contributed by atoms with Crippen LogP contribution in [-0.4, -0.2) is 29.0 Å². The number of aromatic nitrogens is 1. The monoisotopic (exact) mass is 477 g/mol. The van der Waals surface area contributed by atoms with Gasteiger partial charge in [0.1, 0.15) is 5.76 Å². The first-order valence-electron chi connectivity index (χ1n) is 10.3. The number of fused-ring (bicyclic) bond motifs is 1. The van der Waals surface area contributed by atoms with Crippen LogP contribution >= 0.6 is 23.1 Å². The quantitative estimate of drug-likeness (QED) is 0.283. The van der Waals surface area contributed by atoms with Gasteiger partial charge in [-0.25, -0.2) is 4.98 Å². The van der Waals surface area contributed by atoms with Gasteiger partial charge >= 0.3 is 0 Å². The number of hydrogen-bond acceptors (Lipinski definition) is 7. The Hall–Kier alpha value is -3.43. The van der Waals surface area contributed by atoms with Gasteiger partial charge in [0.25, 0.3) is 5.91 Å². The van der Waals surface area contributed by atoms with Crippen molar-refractivity contribution >= 4 is 61.9 Å². The molecule has 0 bridgehead atoms. The third-order valence-corrected chi connectivity index (χ3v) is 7.20. The van der Waals surface area contributed by atoms with E-state index in [1.165, 1.54) is 16.2 Å². The maximum absolute atomic E-state index is 13.6. The van der Waals surface area contributed by atoms with Gasteiger partial charge in [-0.2, -0.15) is 0 Å². The van der Waals surface area contributed by atoms with E-state index in [1.54, 1.807) is 53.3 Å². The molecular weight excluding hydrogens is 458 g/mol. The summed E-state index contributed by atoms with van der Waals surface area (Å²) in [5.74, 6) is -0.0606. The van der Waals surface area contributed by atoms with Gasteiger partial charge < -0.3 is 4.42 Å². The maximum atomic E-state index is 13.6. The number of imide groups is 1. The largest absolute Gasteiger partial charge is 0.467 e. The summed E-state index contributed by atoms with van der Waals surface area (Å²) in [6, 6.07) is 16.1. The SMILES string of the molecule is CSc1cccc2sc(N(Cc3ccco3)C(=O)c3ccc(N4C(=O)CCC4=O)cc3)nc12. The third kappa shape index (κ3) is 4.05. The highest BCUT2D eigenvalue weighted by Gasteiger charge is 2.30. The van der Waals surface area contributed by atoms with E-state index in [0.717, 1.165) is 15.1 Å². The van der Waals surface area contributed by atoms with E-state index in [9.17, 15) is 14.4 Å². The van der Waals surface area contributed by atoms with Crippen LogP contribution in [-0.2, 0) is 16.1 Å². The molecule has 1 aliphatic rings. The zero-order valence-electron chi connectivity index (χ0n) is 17.7. The van der Waals surface area contributed by atoms with Gasteiger partial charge in [0.2, 0.25) is 11.8 Å². The van der Waals surface area contributed by atoms with E-state index in [0.29, 0.717) is 22.1 Å². The van der Waals surface area contributed by atoms with Crippen LogP contribution in [0.15, 0.2) is 70.2 Å². The van der Waals surface area contributed by atoms with Crippen molar-refractivity contribution in [2.75, 3.05) is 16.1 Å². The topological polar surface area (TPSA) is 83.7 Å². The smallest absolute Gasteiger partial charge is 0.260 e. The Labute approximate surface area is 198 Å². The molecule has 0 N–H and O–H groups in total. The van der Waals surface area contributed by atoms with Crippen LogP contribution in [0.2, 0.25) is 0 Å². The Balaban J connectivity index is 1.50. The highest BCUT2D eigenvalue weighted by Crippen LogP contribution is 2.35. The molecule has 0 aliphatic carbocycles. The number of furan rings is 1. The van der Waals surface area contributed by atoms with Crippen molar-refractivity contribution in [2.24, 2.45) is 0 Å². The summed E-state index contributed by atoms with van der Waals surface area (Å²) in [5.41, 5.74) is 1.76. The van der Waals surface area contributed by atoms with E-state index in [2.05, 4.69) is 0 Å². The zero-order chi connectivity index (χ0) is 22.9. The van der Waals surface area contributed by atoms with Crippen molar-refractivity contribution < 1.29 is 18.8 Å². The summed E-state index contributed by atoms with van der Waals surface area (Å²) < 4.78 is 6.49. The van der Waals surface area contributed by atoms with Crippen LogP contribution in [0.3, 0.4) is 0 Å². The zero-order valence-corrected chi connectivity index (χ0v) is 19.3. The number of para-hydroxylation sites is 1. The van der Waals surface area contributed by atoms with Crippen molar-refractivity contribution in [3.05, 3.63) is 72.2 Å². The van der Waals surface area contributed by atoms with Gasteiger partial charge in [-0.1, -0.05) is 17.4 Å². The van der Waals surface area contributed by atoms with Crippen LogP contribution < -0.4 is 9.80 Å². The van der Waals surface area contributed by atoms with Crippen LogP contribution in [0.25, 0.3) is 10.2 Å². The molecule has 4 aromatic rings. The molecule has 0 saturated carbocycles. The van der Waals surface area contributed by atoms with Crippen LogP contribution in [0.5, 0.6) is 0 Å². The molecule has 2 aromatic heterocycles. The van der Waals surface area contributed by atoms with Gasteiger partial charge in [0.15, 0.2) is 5.13 Å². The van der Waals surface area contributed by atoms with Gasteiger partial charge in [-0.05, 0) is 54.8 Å². The van der Waals surface area contributed by atoms with Crippen LogP contribution in [0.4, 0.5) is 10.8 Å². The predicted molar refractivity (Wildman–Crippen MR) is 129 cm³/mol. The van der Waals surface area contributed by atoms with E-state index >= 15 is 0 Å². The number of thiazole rings is 1. The molecule has 1 saturated heterocycles. The van der Waals surface area contributed by atoms with E-state index in [-0.39, 0.29) is 37.1 Å². The number of anilines is 2. The molecule has 33 heavy (non-hydrogen) atoms. The second-order valence-electron chi connectivity index (χ2n) is 7.44. The Morgan fingerprint density at radius 2 is 1.85 bits per heavy atom. The number of benzene rings is 2. The number of carbonyl (C=O) groups excluding carboxylic acids is 3. The highest BCUT2D eigenvalue weighted by atomic mass is 32.2. The van der Waals surface area contributed by atoms with Gasteiger partial charge in [-0.15, -0.1) is 11.8 Å². The first-order valence-corrected chi connectivity index (χ1v) is 12.3. The molecular formula is C24H19N3O4S2. The number of thioether (sulfide) groups is 1. The summed E-state index contributed by atoms with van der Waals surface area (Å²) in [7, 11) is 0. The second-order valence-corrected chi connectivity index (χ2v) is 9.30. The van der Waals surface area contributed by atoms with Crippen molar-refractivity contribution in [3.8, 4) is 0 Å². The van der Waals surface area contributed by atoms with Crippen molar-refractivity contribution in [3.63, 3.8) is 0 Å². The van der Waals surface area contributed by atoms with Crippen molar-refractivity contribution in [1.82, 2.24) is 4.98 Å². The van der Waals surface area contributed by atoms with Crippen molar-refractivity contribution in [1.29, 1.82) is 0 Å². The summed E-state index contributed by atoms with van der Waals surface area (Å²) >= 11 is 3.06. The summed E-state index contributed by atoms with van der Waals surface area (Å²) in [5, 5.41) is 0.571. The normalized spacial score (nSPS) is 13.8. The first kappa shape index (κ1) is 21.4. The molecule has 1 aliphatic heterocycles. The lowest BCUT2D eigenvalue weighted by Crippen LogP contribution is -2.31. The van der Waals surface area contributed by atoms with Crippen LogP contribution in [0.1, 0.15) is 29.0 Å². The molecule has 5 rings (SSSR count). The molecule has 3 amide bonds. The predicted octanol–water partition coefficient (Wildman–Crippen LogP) is 5.11. The molecule has 3 heterocycles. The van der Waals surface area contributed by atoms with Gasteiger partial charge in [0, 0.05) is 23.3 Å². The molecule has 9 heteroatoms. The molecule has 0 radical (unpaired) electrons. The van der Waals surface area contributed by atoms with Gasteiger partial charge in [-0.3, -0.25) is 24.2 Å².